The number of rotatable bonds is 3. The highest BCUT2D eigenvalue weighted by Gasteiger charge is 2.26. The molecule has 7 nitrogen and oxygen atoms in total. The van der Waals surface area contributed by atoms with Gasteiger partial charge in [-0.05, 0) is 0 Å². The lowest BCUT2D eigenvalue weighted by atomic mass is 10.5. The molecule has 4 N–H and O–H groups in total. The van der Waals surface area contributed by atoms with Crippen LogP contribution in [-0.4, -0.2) is 53.6 Å². The van der Waals surface area contributed by atoms with Crippen LogP contribution in [0.5, 0.6) is 0 Å². The van der Waals surface area contributed by atoms with Crippen molar-refractivity contribution in [2.75, 3.05) is 26.7 Å². The third-order valence-electron chi connectivity index (χ3n) is 1.83. The SMILES string of the molecule is CNN1CCN(CC(=O)O)/C1=N/N. The van der Waals surface area contributed by atoms with Crippen molar-refractivity contribution in [3.05, 3.63) is 0 Å². The van der Waals surface area contributed by atoms with Crippen molar-refractivity contribution >= 4 is 11.9 Å². The van der Waals surface area contributed by atoms with Gasteiger partial charge in [0.05, 0.1) is 6.54 Å². The summed E-state index contributed by atoms with van der Waals surface area (Å²) in [5.41, 5.74) is 2.86. The van der Waals surface area contributed by atoms with Crippen molar-refractivity contribution < 1.29 is 9.90 Å². The van der Waals surface area contributed by atoms with Crippen LogP contribution in [0.3, 0.4) is 0 Å². The minimum atomic E-state index is -0.890. The first-order valence-corrected chi connectivity index (χ1v) is 3.88. The average molecular weight is 187 g/mol. The number of aliphatic carboxylic acids is 1. The van der Waals surface area contributed by atoms with Crippen LogP contribution in [0.2, 0.25) is 0 Å². The van der Waals surface area contributed by atoms with E-state index in [1.807, 2.05) is 0 Å². The van der Waals surface area contributed by atoms with Gasteiger partial charge in [-0.2, -0.15) is 0 Å². The van der Waals surface area contributed by atoms with Crippen LogP contribution in [0.25, 0.3) is 0 Å². The number of nitrogens with one attached hydrogen (secondary N) is 1. The maximum atomic E-state index is 10.4. The van der Waals surface area contributed by atoms with E-state index in [1.165, 1.54) is 0 Å². The highest BCUT2D eigenvalue weighted by molar-refractivity contribution is 5.85. The van der Waals surface area contributed by atoms with E-state index in [9.17, 15) is 4.79 Å². The molecule has 7 heteroatoms. The molecule has 0 aromatic rings. The Morgan fingerprint density at radius 3 is 2.92 bits per heavy atom. The lowest BCUT2D eigenvalue weighted by Crippen LogP contribution is -2.42. The molecule has 1 fully saturated rings. The molecule has 0 aromatic heterocycles. The Bertz CT molecular complexity index is 229. The number of carbonyl (C=O) groups is 1. The van der Waals surface area contributed by atoms with Crippen molar-refractivity contribution in [1.29, 1.82) is 0 Å². The van der Waals surface area contributed by atoms with Crippen LogP contribution in [0.4, 0.5) is 0 Å². The van der Waals surface area contributed by atoms with Crippen molar-refractivity contribution in [3.8, 4) is 0 Å². The van der Waals surface area contributed by atoms with E-state index in [2.05, 4.69) is 10.5 Å². The fourth-order valence-corrected chi connectivity index (χ4v) is 1.27. The third kappa shape index (κ3) is 2.00. The zero-order chi connectivity index (χ0) is 9.84. The summed E-state index contributed by atoms with van der Waals surface area (Å²) in [6, 6.07) is 0. The molecule has 0 aromatic carbocycles. The van der Waals surface area contributed by atoms with Gasteiger partial charge in [0.1, 0.15) is 6.54 Å². The monoisotopic (exact) mass is 187 g/mol. The Morgan fingerprint density at radius 1 is 1.77 bits per heavy atom. The minimum Gasteiger partial charge on any atom is -0.480 e. The largest absolute Gasteiger partial charge is 0.480 e. The molecular weight excluding hydrogens is 174 g/mol. The number of carboxylic acids is 1. The van der Waals surface area contributed by atoms with Crippen LogP contribution < -0.4 is 11.3 Å². The first-order valence-electron chi connectivity index (χ1n) is 3.88. The summed E-state index contributed by atoms with van der Waals surface area (Å²) < 4.78 is 0. The number of hydrogen-bond acceptors (Lipinski definition) is 4. The van der Waals surface area contributed by atoms with Gasteiger partial charge in [-0.15, -0.1) is 5.10 Å². The molecule has 0 aliphatic carbocycles. The predicted octanol–water partition coefficient (Wildman–Crippen LogP) is -1.95. The number of hydrogen-bond donors (Lipinski definition) is 3. The van der Waals surface area contributed by atoms with Crippen molar-refractivity contribution in [2.24, 2.45) is 10.9 Å². The lowest BCUT2D eigenvalue weighted by molar-refractivity contribution is -0.137. The van der Waals surface area contributed by atoms with Crippen LogP contribution in [0.1, 0.15) is 0 Å². The van der Waals surface area contributed by atoms with Crippen LogP contribution in [0.15, 0.2) is 5.10 Å². The Hall–Kier alpha value is -1.50. The summed E-state index contributed by atoms with van der Waals surface area (Å²) in [7, 11) is 1.73. The first-order chi connectivity index (χ1) is 6.19. The second-order valence-electron chi connectivity index (χ2n) is 2.62. The molecule has 0 atom stereocenters. The smallest absolute Gasteiger partial charge is 0.323 e. The molecule has 0 amide bonds. The van der Waals surface area contributed by atoms with Crippen molar-refractivity contribution in [1.82, 2.24) is 15.3 Å². The predicted molar refractivity (Wildman–Crippen MR) is 46.6 cm³/mol. The Kier molecular flexibility index (Phi) is 2.91. The van der Waals surface area contributed by atoms with Gasteiger partial charge >= 0.3 is 5.97 Å². The van der Waals surface area contributed by atoms with E-state index in [4.69, 9.17) is 10.9 Å². The number of nitrogens with zero attached hydrogens (tertiary/aromatic N) is 3. The highest BCUT2D eigenvalue weighted by atomic mass is 16.4. The van der Waals surface area contributed by atoms with Gasteiger partial charge in [0.2, 0.25) is 5.96 Å². The van der Waals surface area contributed by atoms with Gasteiger partial charge in [0.25, 0.3) is 0 Å². The summed E-state index contributed by atoms with van der Waals surface area (Å²) in [5.74, 6) is 4.71. The highest BCUT2D eigenvalue weighted by Crippen LogP contribution is 2.04. The second kappa shape index (κ2) is 3.94. The zero-order valence-electron chi connectivity index (χ0n) is 7.40. The van der Waals surface area contributed by atoms with E-state index in [1.54, 1.807) is 17.0 Å². The molecule has 74 valence electrons. The van der Waals surface area contributed by atoms with Crippen LogP contribution >= 0.6 is 0 Å². The molecular formula is C6H13N5O2. The topological polar surface area (TPSA) is 94.2 Å². The van der Waals surface area contributed by atoms with Crippen LogP contribution in [0, 0.1) is 0 Å². The Balaban J connectivity index is 2.63. The maximum absolute atomic E-state index is 10.4. The van der Waals surface area contributed by atoms with Crippen molar-refractivity contribution in [2.45, 2.75) is 0 Å². The number of hydrazone groups is 1. The average Bonchev–Trinajstić information content (AvgIpc) is 2.45. The Labute approximate surface area is 75.8 Å². The summed E-state index contributed by atoms with van der Waals surface area (Å²) in [4.78, 5) is 12.0. The van der Waals surface area contributed by atoms with E-state index in [0.717, 1.165) is 0 Å². The zero-order valence-corrected chi connectivity index (χ0v) is 7.40. The van der Waals surface area contributed by atoms with Gasteiger partial charge in [-0.3, -0.25) is 9.80 Å². The number of guanidine groups is 1. The lowest BCUT2D eigenvalue weighted by Gasteiger charge is -2.19. The minimum absolute atomic E-state index is 0.0752. The fourth-order valence-electron chi connectivity index (χ4n) is 1.27. The molecule has 0 bridgehead atoms. The van der Waals surface area contributed by atoms with Crippen molar-refractivity contribution in [3.63, 3.8) is 0 Å². The first kappa shape index (κ1) is 9.59. The molecule has 1 rings (SSSR count). The number of nitrogens with two attached hydrogens (primary N) is 1. The molecule has 13 heavy (non-hydrogen) atoms. The normalized spacial score (nSPS) is 19.9. The molecule has 1 heterocycles. The molecule has 1 aliphatic rings. The van der Waals surface area contributed by atoms with Gasteiger partial charge in [-0.1, -0.05) is 0 Å². The summed E-state index contributed by atoms with van der Waals surface area (Å²) in [6.45, 7) is 1.22. The summed E-state index contributed by atoms with van der Waals surface area (Å²) in [5, 5.41) is 13.8. The number of carboxylic acid groups (broad SMARTS) is 1. The van der Waals surface area contributed by atoms with E-state index >= 15 is 0 Å². The fraction of sp³-hybridized carbons (Fsp3) is 0.667. The quantitative estimate of drug-likeness (QED) is 0.351. The van der Waals surface area contributed by atoms with Gasteiger partial charge in [0, 0.05) is 13.6 Å². The standard InChI is InChI=1S/C6H13N5O2/c1-8-11-3-2-10(4-5(12)13)6(11)9-7/h8H,2-4,7H2,1H3,(H,12,13)/b9-6-. The molecule has 1 saturated heterocycles. The van der Waals surface area contributed by atoms with Gasteiger partial charge in [0.15, 0.2) is 0 Å². The molecule has 0 radical (unpaired) electrons. The second-order valence-corrected chi connectivity index (χ2v) is 2.62. The summed E-state index contributed by atoms with van der Waals surface area (Å²) in [6.07, 6.45) is 0. The van der Waals surface area contributed by atoms with Gasteiger partial charge < -0.3 is 15.8 Å². The van der Waals surface area contributed by atoms with E-state index in [-0.39, 0.29) is 6.54 Å². The molecule has 0 saturated carbocycles. The molecule has 0 spiro atoms. The maximum Gasteiger partial charge on any atom is 0.323 e. The molecule has 1 aliphatic heterocycles. The number of hydrazine groups is 1. The molecule has 0 unspecified atom stereocenters. The van der Waals surface area contributed by atoms with E-state index < -0.39 is 5.97 Å². The Morgan fingerprint density at radius 2 is 2.46 bits per heavy atom. The van der Waals surface area contributed by atoms with E-state index in [0.29, 0.717) is 19.0 Å². The van der Waals surface area contributed by atoms with Crippen LogP contribution in [-0.2, 0) is 4.79 Å². The van der Waals surface area contributed by atoms with Gasteiger partial charge in [-0.25, -0.2) is 5.43 Å². The summed E-state index contributed by atoms with van der Waals surface area (Å²) >= 11 is 0. The third-order valence-corrected chi connectivity index (χ3v) is 1.83.